The van der Waals surface area contributed by atoms with Crippen LogP contribution >= 0.6 is 0 Å². The Hall–Kier alpha value is -1.12. The lowest BCUT2D eigenvalue weighted by atomic mass is 9.93. The van der Waals surface area contributed by atoms with Gasteiger partial charge in [0.05, 0.1) is 0 Å². The normalized spacial score (nSPS) is 26.3. The highest BCUT2D eigenvalue weighted by atomic mass is 16.1. The van der Waals surface area contributed by atoms with Crippen molar-refractivity contribution < 1.29 is 4.79 Å². The monoisotopic (exact) mass is 220 g/mol. The molecule has 16 heavy (non-hydrogen) atoms. The SMILES string of the molecule is CC1CN=CC=C1C(=O)NC1CCCCC1. The van der Waals surface area contributed by atoms with Crippen LogP contribution in [0.5, 0.6) is 0 Å². The van der Waals surface area contributed by atoms with E-state index in [9.17, 15) is 4.79 Å². The fourth-order valence-electron chi connectivity index (χ4n) is 2.43. The number of nitrogens with one attached hydrogen (secondary N) is 1. The minimum atomic E-state index is 0.116. The third kappa shape index (κ3) is 2.71. The fraction of sp³-hybridized carbons (Fsp3) is 0.692. The Balaban J connectivity index is 1.91. The minimum Gasteiger partial charge on any atom is -0.350 e. The quantitative estimate of drug-likeness (QED) is 0.760. The van der Waals surface area contributed by atoms with Gasteiger partial charge in [-0.3, -0.25) is 9.79 Å². The Morgan fingerprint density at radius 3 is 2.81 bits per heavy atom. The van der Waals surface area contributed by atoms with Crippen LogP contribution < -0.4 is 5.32 Å². The Kier molecular flexibility index (Phi) is 3.75. The predicted octanol–water partition coefficient (Wildman–Crippen LogP) is 2.08. The van der Waals surface area contributed by atoms with Gasteiger partial charge in [0.2, 0.25) is 5.91 Å². The van der Waals surface area contributed by atoms with Crippen LogP contribution in [-0.2, 0) is 4.79 Å². The number of carbonyl (C=O) groups is 1. The summed E-state index contributed by atoms with van der Waals surface area (Å²) in [5.41, 5.74) is 0.889. The summed E-state index contributed by atoms with van der Waals surface area (Å²) < 4.78 is 0. The molecular formula is C13H20N2O. The number of hydrogen-bond acceptors (Lipinski definition) is 2. The molecule has 1 N–H and O–H groups in total. The van der Waals surface area contributed by atoms with Gasteiger partial charge in [-0.15, -0.1) is 0 Å². The number of hydrogen-bond donors (Lipinski definition) is 1. The number of carbonyl (C=O) groups excluding carboxylic acids is 1. The molecule has 1 aliphatic carbocycles. The first-order chi connectivity index (χ1) is 7.77. The molecule has 0 aromatic heterocycles. The van der Waals surface area contributed by atoms with E-state index in [1.54, 1.807) is 6.21 Å². The van der Waals surface area contributed by atoms with Crippen LogP contribution in [0.1, 0.15) is 39.0 Å². The Bertz CT molecular complexity index is 314. The largest absolute Gasteiger partial charge is 0.350 e. The van der Waals surface area contributed by atoms with Crippen molar-refractivity contribution in [2.45, 2.75) is 45.1 Å². The van der Waals surface area contributed by atoms with Gasteiger partial charge >= 0.3 is 0 Å². The third-order valence-electron chi connectivity index (χ3n) is 3.47. The van der Waals surface area contributed by atoms with Gasteiger partial charge in [0, 0.05) is 30.3 Å². The molecular weight excluding hydrogens is 200 g/mol. The molecule has 3 heteroatoms. The molecule has 1 atom stereocenters. The van der Waals surface area contributed by atoms with Crippen LogP contribution in [0.3, 0.4) is 0 Å². The Morgan fingerprint density at radius 2 is 2.12 bits per heavy atom. The molecule has 0 aromatic carbocycles. The number of nitrogens with zero attached hydrogens (tertiary/aromatic N) is 1. The standard InChI is InChI=1S/C13H20N2O/c1-10-9-14-8-7-12(10)13(16)15-11-5-3-2-4-6-11/h7-8,10-11H,2-6,9H2,1H3,(H,15,16). The maximum atomic E-state index is 12.0. The molecule has 3 nitrogen and oxygen atoms in total. The molecule has 0 bridgehead atoms. The summed E-state index contributed by atoms with van der Waals surface area (Å²) in [6.45, 7) is 2.80. The molecule has 0 aromatic rings. The number of dihydropyridines is 1. The first-order valence-corrected chi connectivity index (χ1v) is 6.28. The third-order valence-corrected chi connectivity index (χ3v) is 3.47. The molecule has 1 heterocycles. The van der Waals surface area contributed by atoms with Crippen LogP contribution in [0.25, 0.3) is 0 Å². The van der Waals surface area contributed by atoms with Gasteiger partial charge in [-0.05, 0) is 18.9 Å². The summed E-state index contributed by atoms with van der Waals surface area (Å²) in [6, 6.07) is 0.396. The summed E-state index contributed by atoms with van der Waals surface area (Å²) >= 11 is 0. The van der Waals surface area contributed by atoms with Gasteiger partial charge < -0.3 is 5.32 Å². The average molecular weight is 220 g/mol. The van der Waals surface area contributed by atoms with Gasteiger partial charge in [-0.2, -0.15) is 0 Å². The van der Waals surface area contributed by atoms with Crippen molar-refractivity contribution >= 4 is 12.1 Å². The van der Waals surface area contributed by atoms with E-state index in [1.807, 2.05) is 6.08 Å². The van der Waals surface area contributed by atoms with E-state index >= 15 is 0 Å². The minimum absolute atomic E-state index is 0.116. The lowest BCUT2D eigenvalue weighted by Gasteiger charge is -2.25. The van der Waals surface area contributed by atoms with Crippen molar-refractivity contribution in [1.82, 2.24) is 5.32 Å². The first-order valence-electron chi connectivity index (χ1n) is 6.28. The second-order valence-electron chi connectivity index (χ2n) is 4.85. The van der Waals surface area contributed by atoms with E-state index < -0.39 is 0 Å². The molecule has 1 amide bonds. The molecule has 0 spiro atoms. The lowest BCUT2D eigenvalue weighted by molar-refractivity contribution is -0.118. The second kappa shape index (κ2) is 5.28. The van der Waals surface area contributed by atoms with Crippen molar-refractivity contribution in [1.29, 1.82) is 0 Å². The van der Waals surface area contributed by atoms with E-state index in [0.29, 0.717) is 6.04 Å². The molecule has 2 rings (SSSR count). The highest BCUT2D eigenvalue weighted by molar-refractivity contribution is 5.98. The second-order valence-corrected chi connectivity index (χ2v) is 4.85. The van der Waals surface area contributed by atoms with E-state index in [0.717, 1.165) is 25.0 Å². The van der Waals surface area contributed by atoms with Crippen LogP contribution in [0.2, 0.25) is 0 Å². The summed E-state index contributed by atoms with van der Waals surface area (Å²) in [6.07, 6.45) is 9.70. The van der Waals surface area contributed by atoms with Crippen molar-refractivity contribution in [2.75, 3.05) is 6.54 Å². The highest BCUT2D eigenvalue weighted by Crippen LogP contribution is 2.19. The number of rotatable bonds is 2. The highest BCUT2D eigenvalue weighted by Gasteiger charge is 2.21. The summed E-state index contributed by atoms with van der Waals surface area (Å²) in [5.74, 6) is 0.374. The molecule has 1 saturated carbocycles. The van der Waals surface area contributed by atoms with Crippen LogP contribution in [0, 0.1) is 5.92 Å². The van der Waals surface area contributed by atoms with Crippen molar-refractivity contribution in [3.05, 3.63) is 11.6 Å². The van der Waals surface area contributed by atoms with Crippen LogP contribution in [0.4, 0.5) is 0 Å². The molecule has 0 radical (unpaired) electrons. The van der Waals surface area contributed by atoms with E-state index in [-0.39, 0.29) is 11.8 Å². The maximum Gasteiger partial charge on any atom is 0.247 e. The molecule has 0 saturated heterocycles. The molecule has 88 valence electrons. The van der Waals surface area contributed by atoms with Crippen molar-refractivity contribution in [2.24, 2.45) is 10.9 Å². The van der Waals surface area contributed by atoms with E-state index in [4.69, 9.17) is 0 Å². The zero-order valence-electron chi connectivity index (χ0n) is 9.91. The molecule has 2 aliphatic rings. The van der Waals surface area contributed by atoms with E-state index in [2.05, 4.69) is 17.2 Å². The first kappa shape index (κ1) is 11.4. The molecule has 1 unspecified atom stereocenters. The van der Waals surface area contributed by atoms with Crippen LogP contribution in [-0.4, -0.2) is 24.7 Å². The van der Waals surface area contributed by atoms with Crippen molar-refractivity contribution in [3.63, 3.8) is 0 Å². The van der Waals surface area contributed by atoms with Gasteiger partial charge in [-0.1, -0.05) is 26.2 Å². The Labute approximate surface area is 97.0 Å². The topological polar surface area (TPSA) is 41.5 Å². The number of aliphatic imine (C=N–C) groups is 1. The zero-order valence-corrected chi connectivity index (χ0v) is 9.91. The summed E-state index contributed by atoms with van der Waals surface area (Å²) in [4.78, 5) is 16.2. The molecule has 1 fully saturated rings. The summed E-state index contributed by atoms with van der Waals surface area (Å²) in [7, 11) is 0. The molecule has 1 aliphatic heterocycles. The van der Waals surface area contributed by atoms with Gasteiger partial charge in [0.1, 0.15) is 0 Å². The van der Waals surface area contributed by atoms with Gasteiger partial charge in [0.25, 0.3) is 0 Å². The lowest BCUT2D eigenvalue weighted by Crippen LogP contribution is -2.38. The Morgan fingerprint density at radius 1 is 1.38 bits per heavy atom. The predicted molar refractivity (Wildman–Crippen MR) is 65.6 cm³/mol. The zero-order chi connectivity index (χ0) is 11.4. The van der Waals surface area contributed by atoms with E-state index in [1.165, 1.54) is 19.3 Å². The maximum absolute atomic E-state index is 12.0. The average Bonchev–Trinajstić information content (AvgIpc) is 2.31. The van der Waals surface area contributed by atoms with Gasteiger partial charge in [0.15, 0.2) is 0 Å². The van der Waals surface area contributed by atoms with Crippen molar-refractivity contribution in [3.8, 4) is 0 Å². The number of amides is 1. The number of allylic oxidation sites excluding steroid dienone is 1. The smallest absolute Gasteiger partial charge is 0.247 e. The fourth-order valence-corrected chi connectivity index (χ4v) is 2.43. The van der Waals surface area contributed by atoms with Crippen LogP contribution in [0.15, 0.2) is 16.6 Å². The van der Waals surface area contributed by atoms with Gasteiger partial charge in [-0.25, -0.2) is 0 Å². The summed E-state index contributed by atoms with van der Waals surface area (Å²) in [5, 5.41) is 3.15.